The minimum atomic E-state index is -1.54. The first-order chi connectivity index (χ1) is 8.45. The highest BCUT2D eigenvalue weighted by Crippen LogP contribution is 2.19. The third-order valence-electron chi connectivity index (χ3n) is 2.25. The molecule has 0 saturated carbocycles. The Morgan fingerprint density at radius 2 is 2.11 bits per heavy atom. The summed E-state index contributed by atoms with van der Waals surface area (Å²) in [6.45, 7) is 2.12. The van der Waals surface area contributed by atoms with Gasteiger partial charge in [0.05, 0.1) is 6.61 Å². The second kappa shape index (κ2) is 6.00. The number of benzene rings is 1. The van der Waals surface area contributed by atoms with Gasteiger partial charge in [0, 0.05) is 13.6 Å². The second-order valence-electron chi connectivity index (χ2n) is 3.66. The first-order valence-electron chi connectivity index (χ1n) is 5.35. The number of ether oxygens (including phenoxy) is 1. The van der Waals surface area contributed by atoms with Crippen molar-refractivity contribution in [2.24, 2.45) is 0 Å². The molecule has 0 saturated heterocycles. The smallest absolute Gasteiger partial charge is 0.394 e. The lowest BCUT2D eigenvalue weighted by atomic mass is 10.2. The molecular weight excluding hydrogens is 241 g/mol. The van der Waals surface area contributed by atoms with Crippen LogP contribution < -0.4 is 4.74 Å². The Morgan fingerprint density at radius 3 is 2.61 bits per heavy atom. The van der Waals surface area contributed by atoms with Crippen LogP contribution >= 0.6 is 0 Å². The molecule has 1 amide bonds. The fourth-order valence-electron chi connectivity index (χ4n) is 1.42. The van der Waals surface area contributed by atoms with Crippen molar-refractivity contribution in [2.75, 3.05) is 13.7 Å². The van der Waals surface area contributed by atoms with Gasteiger partial charge in [0.25, 0.3) is 0 Å². The molecule has 0 atom stereocenters. The van der Waals surface area contributed by atoms with Crippen LogP contribution in [0.2, 0.25) is 0 Å². The Balaban J connectivity index is 2.77. The van der Waals surface area contributed by atoms with E-state index in [0.717, 1.165) is 4.90 Å². The van der Waals surface area contributed by atoms with E-state index in [1.54, 1.807) is 13.0 Å². The van der Waals surface area contributed by atoms with Crippen LogP contribution in [-0.4, -0.2) is 35.5 Å². The topological polar surface area (TPSA) is 66.8 Å². The van der Waals surface area contributed by atoms with E-state index in [0.29, 0.717) is 12.2 Å². The van der Waals surface area contributed by atoms with E-state index >= 15 is 0 Å². The van der Waals surface area contributed by atoms with Gasteiger partial charge in [-0.15, -0.1) is 0 Å². The number of hydrogen-bond donors (Lipinski definition) is 1. The van der Waals surface area contributed by atoms with Crippen LogP contribution in [0, 0.1) is 5.82 Å². The third-order valence-corrected chi connectivity index (χ3v) is 2.25. The minimum Gasteiger partial charge on any atom is -0.491 e. The van der Waals surface area contributed by atoms with Gasteiger partial charge in [0.1, 0.15) is 0 Å². The number of carboxylic acid groups (broad SMARTS) is 1. The molecule has 5 nitrogen and oxygen atoms in total. The van der Waals surface area contributed by atoms with Crippen LogP contribution in [0.4, 0.5) is 4.39 Å². The van der Waals surface area contributed by atoms with Crippen molar-refractivity contribution in [3.8, 4) is 5.75 Å². The lowest BCUT2D eigenvalue weighted by Crippen LogP contribution is -2.32. The zero-order valence-electron chi connectivity index (χ0n) is 10.1. The highest BCUT2D eigenvalue weighted by molar-refractivity contribution is 6.31. The fourth-order valence-corrected chi connectivity index (χ4v) is 1.42. The molecule has 6 heteroatoms. The quantitative estimate of drug-likeness (QED) is 0.823. The highest BCUT2D eigenvalue weighted by atomic mass is 19.1. The lowest BCUT2D eigenvalue weighted by molar-refractivity contribution is -0.155. The number of nitrogens with zero attached hydrogens (tertiary/aromatic N) is 1. The van der Waals surface area contributed by atoms with E-state index in [-0.39, 0.29) is 12.3 Å². The molecule has 0 unspecified atom stereocenters. The Kier molecular flexibility index (Phi) is 4.65. The maximum absolute atomic E-state index is 13.5. The van der Waals surface area contributed by atoms with Gasteiger partial charge in [-0.25, -0.2) is 9.18 Å². The Labute approximate surface area is 104 Å². The summed E-state index contributed by atoms with van der Waals surface area (Å²) >= 11 is 0. The molecule has 0 aliphatic carbocycles. The first-order valence-corrected chi connectivity index (χ1v) is 5.35. The van der Waals surface area contributed by atoms with E-state index < -0.39 is 17.7 Å². The molecule has 0 aromatic heterocycles. The van der Waals surface area contributed by atoms with Crippen molar-refractivity contribution in [3.63, 3.8) is 0 Å². The van der Waals surface area contributed by atoms with Crippen LogP contribution in [0.1, 0.15) is 12.5 Å². The molecular formula is C12H14FNO4. The lowest BCUT2D eigenvalue weighted by Gasteiger charge is -2.15. The molecule has 0 radical (unpaired) electrons. The molecule has 0 bridgehead atoms. The summed E-state index contributed by atoms with van der Waals surface area (Å²) in [6.07, 6.45) is 0. The average Bonchev–Trinajstić information content (AvgIpc) is 2.31. The van der Waals surface area contributed by atoms with E-state index in [2.05, 4.69) is 0 Å². The molecule has 1 rings (SSSR count). The summed E-state index contributed by atoms with van der Waals surface area (Å²) in [5.41, 5.74) is 0.494. The van der Waals surface area contributed by atoms with E-state index in [9.17, 15) is 14.0 Å². The van der Waals surface area contributed by atoms with E-state index in [1.165, 1.54) is 19.2 Å². The number of aliphatic carboxylic acids is 1. The fraction of sp³-hybridized carbons (Fsp3) is 0.333. The SMILES string of the molecule is CCOc1ccc(CN(C)C(=O)C(=O)O)cc1F. The standard InChI is InChI=1S/C12H14FNO4/c1-3-18-10-5-4-8(6-9(10)13)7-14(2)11(15)12(16)17/h4-6H,3,7H2,1-2H3,(H,16,17). The normalized spacial score (nSPS) is 9.94. The molecule has 1 aromatic carbocycles. The van der Waals surface area contributed by atoms with Crippen LogP contribution in [0.5, 0.6) is 5.75 Å². The van der Waals surface area contributed by atoms with Crippen LogP contribution in [0.3, 0.4) is 0 Å². The van der Waals surface area contributed by atoms with Crippen LogP contribution in [-0.2, 0) is 16.1 Å². The number of likely N-dealkylation sites (N-methyl/N-ethyl adjacent to an activating group) is 1. The van der Waals surface area contributed by atoms with Crippen LogP contribution in [0.15, 0.2) is 18.2 Å². The molecule has 0 aliphatic heterocycles. The predicted octanol–water partition coefficient (Wildman–Crippen LogP) is 1.27. The zero-order valence-corrected chi connectivity index (χ0v) is 10.1. The van der Waals surface area contributed by atoms with Crippen molar-refractivity contribution in [2.45, 2.75) is 13.5 Å². The molecule has 0 aliphatic rings. The summed E-state index contributed by atoms with van der Waals surface area (Å²) < 4.78 is 18.5. The van der Waals surface area contributed by atoms with Crippen molar-refractivity contribution in [1.82, 2.24) is 4.90 Å². The largest absolute Gasteiger partial charge is 0.491 e. The van der Waals surface area contributed by atoms with Gasteiger partial charge in [-0.3, -0.25) is 4.79 Å². The number of halogens is 1. The number of amides is 1. The summed E-state index contributed by atoms with van der Waals surface area (Å²) in [6, 6.07) is 4.25. The van der Waals surface area contributed by atoms with Gasteiger partial charge in [0.15, 0.2) is 11.6 Å². The Hall–Kier alpha value is -2.11. The summed E-state index contributed by atoms with van der Waals surface area (Å²) in [4.78, 5) is 22.6. The predicted molar refractivity (Wildman–Crippen MR) is 61.7 cm³/mol. The van der Waals surface area contributed by atoms with Crippen LogP contribution in [0.25, 0.3) is 0 Å². The van der Waals surface area contributed by atoms with Crippen molar-refractivity contribution in [1.29, 1.82) is 0 Å². The molecule has 98 valence electrons. The second-order valence-corrected chi connectivity index (χ2v) is 3.66. The van der Waals surface area contributed by atoms with Gasteiger partial charge in [0.2, 0.25) is 0 Å². The first kappa shape index (κ1) is 14.0. The summed E-state index contributed by atoms with van der Waals surface area (Å²) in [5.74, 6) is -2.98. The number of rotatable bonds is 4. The highest BCUT2D eigenvalue weighted by Gasteiger charge is 2.17. The molecule has 18 heavy (non-hydrogen) atoms. The van der Waals surface area contributed by atoms with E-state index in [1.807, 2.05) is 0 Å². The van der Waals surface area contributed by atoms with Crippen molar-refractivity contribution < 1.29 is 23.8 Å². The monoisotopic (exact) mass is 255 g/mol. The molecule has 0 spiro atoms. The maximum Gasteiger partial charge on any atom is 0.394 e. The number of carboxylic acids is 1. The zero-order chi connectivity index (χ0) is 13.7. The van der Waals surface area contributed by atoms with Gasteiger partial charge in [-0.2, -0.15) is 0 Å². The Morgan fingerprint density at radius 1 is 1.44 bits per heavy atom. The molecule has 1 aromatic rings. The average molecular weight is 255 g/mol. The summed E-state index contributed by atoms with van der Waals surface area (Å²) in [7, 11) is 1.34. The van der Waals surface area contributed by atoms with Gasteiger partial charge in [-0.1, -0.05) is 6.07 Å². The molecule has 0 heterocycles. The number of carbonyl (C=O) groups is 2. The number of carbonyl (C=O) groups excluding carboxylic acids is 1. The van der Waals surface area contributed by atoms with Gasteiger partial charge in [-0.05, 0) is 24.6 Å². The Bertz CT molecular complexity index is 461. The molecule has 0 fully saturated rings. The number of hydrogen-bond acceptors (Lipinski definition) is 3. The third kappa shape index (κ3) is 3.44. The van der Waals surface area contributed by atoms with E-state index in [4.69, 9.17) is 9.84 Å². The van der Waals surface area contributed by atoms with Crippen molar-refractivity contribution in [3.05, 3.63) is 29.6 Å². The van der Waals surface area contributed by atoms with Gasteiger partial charge < -0.3 is 14.7 Å². The minimum absolute atomic E-state index is 0.0223. The maximum atomic E-state index is 13.5. The van der Waals surface area contributed by atoms with Gasteiger partial charge >= 0.3 is 11.9 Å². The summed E-state index contributed by atoms with van der Waals surface area (Å²) in [5, 5.41) is 8.51. The van der Waals surface area contributed by atoms with Crippen molar-refractivity contribution >= 4 is 11.9 Å². The molecule has 1 N–H and O–H groups in total.